The molecule has 0 heterocycles. The Labute approximate surface area is 216 Å². The van der Waals surface area contributed by atoms with E-state index in [2.05, 4.69) is 33.0 Å². The lowest BCUT2D eigenvalue weighted by molar-refractivity contribution is -0.143. The fourth-order valence-electron chi connectivity index (χ4n) is 4.00. The Morgan fingerprint density at radius 2 is 1.24 bits per heavy atom. The minimum atomic E-state index is -0.371. The van der Waals surface area contributed by atoms with Crippen molar-refractivity contribution in [3.63, 3.8) is 0 Å². The number of carbonyl (C=O) groups excluding carboxylic acids is 2. The molecule has 0 aliphatic carbocycles. The quantitative estimate of drug-likeness (QED) is 0.128. The van der Waals surface area contributed by atoms with E-state index in [1.165, 1.54) is 70.6 Å². The Kier molecular flexibility index (Phi) is 19.3. The number of hydrogen-bond donors (Lipinski definition) is 1. The molecule has 0 radical (unpaired) electrons. The largest absolute Gasteiger partial charge is 0.465 e. The normalized spacial score (nSPS) is 13.1. The smallest absolute Gasteiger partial charge is 0.305 e. The second-order valence-electron chi connectivity index (χ2n) is 11.8. The van der Waals surface area contributed by atoms with E-state index in [4.69, 9.17) is 4.74 Å². The first-order chi connectivity index (χ1) is 16.0. The maximum absolute atomic E-state index is 12.8. The van der Waals surface area contributed by atoms with Gasteiger partial charge in [0, 0.05) is 28.9 Å². The van der Waals surface area contributed by atoms with Gasteiger partial charge in [0.2, 0.25) is 0 Å². The number of nitrogens with one attached hydrogen (secondary N) is 1. The highest BCUT2D eigenvalue weighted by Crippen LogP contribution is 2.21. The van der Waals surface area contributed by atoms with Gasteiger partial charge in [-0.15, -0.1) is 0 Å². The van der Waals surface area contributed by atoms with Crippen molar-refractivity contribution in [2.45, 2.75) is 150 Å². The molecule has 0 saturated heterocycles. The number of thioether (sulfide) groups is 1. The van der Waals surface area contributed by atoms with Crippen LogP contribution in [0.1, 0.15) is 138 Å². The predicted molar refractivity (Wildman–Crippen MR) is 150 cm³/mol. The summed E-state index contributed by atoms with van der Waals surface area (Å²) < 4.78 is 5.39. The summed E-state index contributed by atoms with van der Waals surface area (Å²) in [6, 6.07) is -0.188. The van der Waals surface area contributed by atoms with Crippen molar-refractivity contribution in [2.24, 2.45) is 5.41 Å². The van der Waals surface area contributed by atoms with Crippen LogP contribution in [-0.4, -0.2) is 41.4 Å². The highest BCUT2D eigenvalue weighted by Gasteiger charge is 2.31. The average Bonchev–Trinajstić information content (AvgIpc) is 2.74. The molecule has 0 fully saturated rings. The van der Waals surface area contributed by atoms with Crippen LogP contribution in [0, 0.1) is 5.41 Å². The third-order valence-electron chi connectivity index (χ3n) is 5.92. The lowest BCUT2D eigenvalue weighted by Gasteiger charge is -2.31. The Morgan fingerprint density at radius 3 is 1.68 bits per heavy atom. The summed E-state index contributed by atoms with van der Waals surface area (Å²) in [5, 5.41) is 3.45. The molecule has 0 aromatic heterocycles. The summed E-state index contributed by atoms with van der Waals surface area (Å²) in [7, 11) is 0. The van der Waals surface area contributed by atoms with E-state index in [1.807, 2.05) is 20.8 Å². The van der Waals surface area contributed by atoms with Crippen LogP contribution < -0.4 is 5.32 Å². The van der Waals surface area contributed by atoms with Crippen molar-refractivity contribution < 1.29 is 14.3 Å². The second kappa shape index (κ2) is 19.6. The summed E-state index contributed by atoms with van der Waals surface area (Å²) in [4.78, 5) is 24.7. The number of Topliss-reactive ketones (excluding diaryl/α,β-unsaturated/α-hetero) is 1. The molecule has 1 N–H and O–H groups in total. The van der Waals surface area contributed by atoms with Crippen LogP contribution in [0.2, 0.25) is 0 Å². The Balaban J connectivity index is 3.72. The number of rotatable bonds is 21. The maximum Gasteiger partial charge on any atom is 0.305 e. The zero-order valence-electron chi connectivity index (χ0n) is 23.7. The Hall–Kier alpha value is -0.550. The zero-order valence-corrected chi connectivity index (χ0v) is 24.5. The molecule has 0 aliphatic heterocycles. The minimum absolute atomic E-state index is 0.0844. The van der Waals surface area contributed by atoms with Crippen LogP contribution in [-0.2, 0) is 14.3 Å². The van der Waals surface area contributed by atoms with E-state index in [0.717, 1.165) is 18.6 Å². The number of ketones is 1. The molecule has 0 unspecified atom stereocenters. The average molecular weight is 500 g/mol. The molecular formula is C29H57NO3S. The fraction of sp³-hybridized carbons (Fsp3) is 0.931. The van der Waals surface area contributed by atoms with Gasteiger partial charge in [-0.2, -0.15) is 11.8 Å². The van der Waals surface area contributed by atoms with Crippen LogP contribution in [0.3, 0.4) is 0 Å². The summed E-state index contributed by atoms with van der Waals surface area (Å²) in [6.45, 7) is 14.8. The molecule has 34 heavy (non-hydrogen) atoms. The second-order valence-corrected chi connectivity index (χ2v) is 13.0. The standard InChI is InChI=1S/C29H57NO3S/c1-8-9-10-11-12-13-14-15-16-17-18-19-20-21-26(31)33-22-23-34-24-25(30-29(5,6)7)27(32)28(2,3)4/h25,30H,8-24H2,1-7H3/t25-/m0/s1. The van der Waals surface area contributed by atoms with E-state index in [0.29, 0.717) is 18.8 Å². The third-order valence-corrected chi connectivity index (χ3v) is 6.95. The third kappa shape index (κ3) is 20.8. The lowest BCUT2D eigenvalue weighted by Crippen LogP contribution is -2.52. The number of carbonyl (C=O) groups is 2. The van der Waals surface area contributed by atoms with Gasteiger partial charge in [-0.3, -0.25) is 9.59 Å². The van der Waals surface area contributed by atoms with Crippen LogP contribution in [0.4, 0.5) is 0 Å². The van der Waals surface area contributed by atoms with Gasteiger partial charge in [0.05, 0.1) is 6.04 Å². The van der Waals surface area contributed by atoms with Gasteiger partial charge in [0.1, 0.15) is 6.61 Å². The first-order valence-corrected chi connectivity index (χ1v) is 15.2. The number of ether oxygens (including phenoxy) is 1. The van der Waals surface area contributed by atoms with Gasteiger partial charge >= 0.3 is 5.97 Å². The van der Waals surface area contributed by atoms with E-state index < -0.39 is 0 Å². The molecule has 0 aliphatic rings. The molecule has 0 aromatic carbocycles. The molecule has 5 heteroatoms. The van der Waals surface area contributed by atoms with Gasteiger partial charge in [0.15, 0.2) is 5.78 Å². The Morgan fingerprint density at radius 1 is 0.765 bits per heavy atom. The monoisotopic (exact) mass is 499 g/mol. The first-order valence-electron chi connectivity index (χ1n) is 14.0. The molecule has 0 rings (SSSR count). The highest BCUT2D eigenvalue weighted by molar-refractivity contribution is 7.99. The highest BCUT2D eigenvalue weighted by atomic mass is 32.2. The topological polar surface area (TPSA) is 55.4 Å². The van der Waals surface area contributed by atoms with Gasteiger partial charge in [-0.1, -0.05) is 105 Å². The van der Waals surface area contributed by atoms with Crippen LogP contribution in [0.15, 0.2) is 0 Å². The number of unbranched alkanes of at least 4 members (excludes halogenated alkanes) is 12. The van der Waals surface area contributed by atoms with E-state index >= 15 is 0 Å². The van der Waals surface area contributed by atoms with Crippen molar-refractivity contribution in [3.05, 3.63) is 0 Å². The molecular weight excluding hydrogens is 442 g/mol. The summed E-state index contributed by atoms with van der Waals surface area (Å²) in [5.41, 5.74) is -0.490. The molecule has 4 nitrogen and oxygen atoms in total. The molecule has 1 atom stereocenters. The summed E-state index contributed by atoms with van der Waals surface area (Å²) in [6.07, 6.45) is 17.5. The van der Waals surface area contributed by atoms with Crippen molar-refractivity contribution in [3.8, 4) is 0 Å². The van der Waals surface area contributed by atoms with Gasteiger partial charge in [-0.25, -0.2) is 0 Å². The molecule has 0 amide bonds. The van der Waals surface area contributed by atoms with Gasteiger partial charge < -0.3 is 10.1 Å². The van der Waals surface area contributed by atoms with E-state index in [1.54, 1.807) is 11.8 Å². The minimum Gasteiger partial charge on any atom is -0.465 e. The van der Waals surface area contributed by atoms with E-state index in [-0.39, 0.29) is 28.7 Å². The zero-order chi connectivity index (χ0) is 25.9. The number of esters is 1. The SMILES string of the molecule is CCCCCCCCCCCCCCCC(=O)OCCSC[C@H](NC(C)(C)C)C(=O)C(C)(C)C. The van der Waals surface area contributed by atoms with Gasteiger partial charge in [0.25, 0.3) is 0 Å². The molecule has 0 saturated carbocycles. The number of hydrogen-bond acceptors (Lipinski definition) is 5. The van der Waals surface area contributed by atoms with Crippen molar-refractivity contribution in [2.75, 3.05) is 18.1 Å². The van der Waals surface area contributed by atoms with Crippen molar-refractivity contribution in [1.29, 1.82) is 0 Å². The van der Waals surface area contributed by atoms with Crippen LogP contribution >= 0.6 is 11.8 Å². The fourth-order valence-corrected chi connectivity index (χ4v) is 4.84. The maximum atomic E-state index is 12.8. The molecule has 0 spiro atoms. The van der Waals surface area contributed by atoms with Crippen LogP contribution in [0.25, 0.3) is 0 Å². The van der Waals surface area contributed by atoms with Gasteiger partial charge in [-0.05, 0) is 27.2 Å². The molecule has 0 aromatic rings. The lowest BCUT2D eigenvalue weighted by atomic mass is 9.86. The first kappa shape index (κ1) is 33.4. The van der Waals surface area contributed by atoms with Crippen molar-refractivity contribution >= 4 is 23.5 Å². The predicted octanol–water partition coefficient (Wildman–Crippen LogP) is 8.12. The molecule has 202 valence electrons. The van der Waals surface area contributed by atoms with Crippen molar-refractivity contribution in [1.82, 2.24) is 5.32 Å². The van der Waals surface area contributed by atoms with Crippen LogP contribution in [0.5, 0.6) is 0 Å². The van der Waals surface area contributed by atoms with E-state index in [9.17, 15) is 9.59 Å². The Bertz CT molecular complexity index is 522. The summed E-state index contributed by atoms with van der Waals surface area (Å²) >= 11 is 1.68. The molecule has 0 bridgehead atoms. The summed E-state index contributed by atoms with van der Waals surface area (Å²) in [5.74, 6) is 1.57.